The third-order valence-electron chi connectivity index (χ3n) is 3.52. The number of H-pyrrole nitrogens is 1. The summed E-state index contributed by atoms with van der Waals surface area (Å²) in [6.07, 6.45) is 3.96. The smallest absolute Gasteiger partial charge is 0.226 e. The first kappa shape index (κ1) is 12.2. The van der Waals surface area contributed by atoms with Gasteiger partial charge in [0.2, 0.25) is 5.95 Å². The van der Waals surface area contributed by atoms with Gasteiger partial charge in [0.05, 0.1) is 6.33 Å². The molecule has 2 aromatic rings. The molecule has 3 heterocycles. The summed E-state index contributed by atoms with van der Waals surface area (Å²) in [4.78, 5) is 18.8. The number of anilines is 2. The van der Waals surface area contributed by atoms with Crippen molar-refractivity contribution >= 4 is 22.9 Å². The molecule has 6 nitrogen and oxygen atoms in total. The van der Waals surface area contributed by atoms with Gasteiger partial charge in [-0.05, 0) is 18.8 Å². The normalized spacial score (nSPS) is 19.3. The average molecular weight is 260 g/mol. The molecule has 1 aliphatic heterocycles. The van der Waals surface area contributed by atoms with Crippen LogP contribution in [0.2, 0.25) is 0 Å². The van der Waals surface area contributed by atoms with Crippen LogP contribution in [-0.2, 0) is 0 Å². The van der Waals surface area contributed by atoms with E-state index < -0.39 is 0 Å². The van der Waals surface area contributed by atoms with E-state index >= 15 is 0 Å². The number of aromatic amines is 1. The molecule has 1 unspecified atom stereocenters. The molecule has 102 valence electrons. The topological polar surface area (TPSA) is 69.7 Å². The Kier molecular flexibility index (Phi) is 3.23. The molecule has 2 N–H and O–H groups in total. The Morgan fingerprint density at radius 3 is 3.11 bits per heavy atom. The van der Waals surface area contributed by atoms with E-state index in [0.29, 0.717) is 5.95 Å². The summed E-state index contributed by atoms with van der Waals surface area (Å²) in [5.41, 5.74) is 1.68. The summed E-state index contributed by atoms with van der Waals surface area (Å²) in [6.45, 7) is 7.40. The Hall–Kier alpha value is -1.85. The maximum Gasteiger partial charge on any atom is 0.226 e. The highest BCUT2D eigenvalue weighted by Crippen LogP contribution is 2.27. The van der Waals surface area contributed by atoms with Gasteiger partial charge in [0.15, 0.2) is 11.5 Å². The SMILES string of the molecule is CCCNc1nc(N2CCC(C)C2)c2[nH]cnc2n1. The zero-order chi connectivity index (χ0) is 13.2. The largest absolute Gasteiger partial charge is 0.354 e. The van der Waals surface area contributed by atoms with Gasteiger partial charge in [-0.25, -0.2) is 4.98 Å². The Bertz CT molecular complexity index is 563. The third kappa shape index (κ3) is 2.34. The summed E-state index contributed by atoms with van der Waals surface area (Å²) < 4.78 is 0. The molecule has 1 fully saturated rings. The Balaban J connectivity index is 1.98. The lowest BCUT2D eigenvalue weighted by atomic mass is 10.2. The number of nitrogens with zero attached hydrogens (tertiary/aromatic N) is 4. The van der Waals surface area contributed by atoms with E-state index in [2.05, 4.69) is 44.0 Å². The van der Waals surface area contributed by atoms with Crippen LogP contribution in [0.15, 0.2) is 6.33 Å². The maximum absolute atomic E-state index is 4.66. The summed E-state index contributed by atoms with van der Waals surface area (Å²) in [6, 6.07) is 0. The number of aromatic nitrogens is 4. The fourth-order valence-electron chi connectivity index (χ4n) is 2.49. The average Bonchev–Trinajstić information content (AvgIpc) is 3.03. The molecule has 19 heavy (non-hydrogen) atoms. The second kappa shape index (κ2) is 5.03. The van der Waals surface area contributed by atoms with Crippen molar-refractivity contribution in [3.63, 3.8) is 0 Å². The van der Waals surface area contributed by atoms with E-state index in [1.807, 2.05) is 0 Å². The summed E-state index contributed by atoms with van der Waals surface area (Å²) in [5.74, 6) is 2.38. The van der Waals surface area contributed by atoms with Gasteiger partial charge >= 0.3 is 0 Å². The number of hydrogen-bond acceptors (Lipinski definition) is 5. The van der Waals surface area contributed by atoms with Crippen molar-refractivity contribution in [3.8, 4) is 0 Å². The molecule has 0 radical (unpaired) electrons. The van der Waals surface area contributed by atoms with Gasteiger partial charge in [0.25, 0.3) is 0 Å². The molecule has 6 heteroatoms. The molecule has 0 aliphatic carbocycles. The fraction of sp³-hybridized carbons (Fsp3) is 0.615. The van der Waals surface area contributed by atoms with E-state index in [4.69, 9.17) is 0 Å². The molecule has 0 aromatic carbocycles. The fourth-order valence-corrected chi connectivity index (χ4v) is 2.49. The Morgan fingerprint density at radius 1 is 1.47 bits per heavy atom. The molecular weight excluding hydrogens is 240 g/mol. The van der Waals surface area contributed by atoms with Crippen LogP contribution < -0.4 is 10.2 Å². The van der Waals surface area contributed by atoms with Crippen molar-refractivity contribution in [1.82, 2.24) is 19.9 Å². The van der Waals surface area contributed by atoms with E-state index in [0.717, 1.165) is 49.0 Å². The highest BCUT2D eigenvalue weighted by Gasteiger charge is 2.23. The minimum absolute atomic E-state index is 0.677. The van der Waals surface area contributed by atoms with E-state index in [-0.39, 0.29) is 0 Å². The number of fused-ring (bicyclic) bond motifs is 1. The number of rotatable bonds is 4. The predicted octanol–water partition coefficient (Wildman–Crippen LogP) is 2.02. The molecule has 0 amide bonds. The van der Waals surface area contributed by atoms with Crippen LogP contribution in [0.1, 0.15) is 26.7 Å². The van der Waals surface area contributed by atoms with Gasteiger partial charge < -0.3 is 15.2 Å². The van der Waals surface area contributed by atoms with Crippen LogP contribution >= 0.6 is 0 Å². The van der Waals surface area contributed by atoms with Gasteiger partial charge in [-0.15, -0.1) is 0 Å². The van der Waals surface area contributed by atoms with Crippen LogP contribution in [0, 0.1) is 5.92 Å². The Labute approximate surface area is 112 Å². The first-order valence-corrected chi connectivity index (χ1v) is 6.98. The Morgan fingerprint density at radius 2 is 2.37 bits per heavy atom. The van der Waals surface area contributed by atoms with Gasteiger partial charge in [-0.1, -0.05) is 13.8 Å². The summed E-state index contributed by atoms with van der Waals surface area (Å²) in [7, 11) is 0. The third-order valence-corrected chi connectivity index (χ3v) is 3.52. The number of hydrogen-bond donors (Lipinski definition) is 2. The summed E-state index contributed by atoms with van der Waals surface area (Å²) in [5, 5.41) is 3.25. The van der Waals surface area contributed by atoms with Crippen LogP contribution in [-0.4, -0.2) is 39.6 Å². The van der Waals surface area contributed by atoms with Crippen molar-refractivity contribution < 1.29 is 0 Å². The van der Waals surface area contributed by atoms with Crippen molar-refractivity contribution in [2.45, 2.75) is 26.7 Å². The van der Waals surface area contributed by atoms with E-state index in [1.165, 1.54) is 6.42 Å². The standard InChI is InChI=1S/C13H20N6/c1-3-5-14-13-17-11-10(15-8-16-11)12(18-13)19-6-4-9(2)7-19/h8-9H,3-7H2,1-2H3,(H2,14,15,16,17,18). The van der Waals surface area contributed by atoms with E-state index in [1.54, 1.807) is 6.33 Å². The molecule has 0 bridgehead atoms. The number of nitrogens with one attached hydrogen (secondary N) is 2. The van der Waals surface area contributed by atoms with Crippen molar-refractivity contribution in [2.24, 2.45) is 5.92 Å². The highest BCUT2D eigenvalue weighted by molar-refractivity contribution is 5.84. The lowest BCUT2D eigenvalue weighted by Gasteiger charge is -2.18. The molecule has 1 aliphatic rings. The number of imidazole rings is 1. The first-order valence-electron chi connectivity index (χ1n) is 6.98. The quantitative estimate of drug-likeness (QED) is 0.880. The van der Waals surface area contributed by atoms with Crippen LogP contribution in [0.25, 0.3) is 11.2 Å². The molecule has 2 aromatic heterocycles. The van der Waals surface area contributed by atoms with Gasteiger partial charge in [0.1, 0.15) is 5.52 Å². The van der Waals surface area contributed by atoms with E-state index in [9.17, 15) is 0 Å². The van der Waals surface area contributed by atoms with Crippen molar-refractivity contribution in [2.75, 3.05) is 29.9 Å². The van der Waals surface area contributed by atoms with Crippen molar-refractivity contribution in [1.29, 1.82) is 0 Å². The van der Waals surface area contributed by atoms with Crippen molar-refractivity contribution in [3.05, 3.63) is 6.33 Å². The van der Waals surface area contributed by atoms with Crippen LogP contribution in [0.3, 0.4) is 0 Å². The minimum atomic E-state index is 0.677. The molecule has 0 spiro atoms. The lowest BCUT2D eigenvalue weighted by Crippen LogP contribution is -2.21. The zero-order valence-electron chi connectivity index (χ0n) is 11.5. The molecule has 3 rings (SSSR count). The highest BCUT2D eigenvalue weighted by atomic mass is 15.3. The van der Waals surface area contributed by atoms with Crippen LogP contribution in [0.4, 0.5) is 11.8 Å². The predicted molar refractivity (Wildman–Crippen MR) is 76.5 cm³/mol. The minimum Gasteiger partial charge on any atom is -0.354 e. The molecule has 1 saturated heterocycles. The summed E-state index contributed by atoms with van der Waals surface area (Å²) >= 11 is 0. The second-order valence-electron chi connectivity index (χ2n) is 5.24. The second-order valence-corrected chi connectivity index (χ2v) is 5.24. The zero-order valence-corrected chi connectivity index (χ0v) is 11.5. The lowest BCUT2D eigenvalue weighted by molar-refractivity contribution is 0.659. The molecule has 0 saturated carbocycles. The van der Waals surface area contributed by atoms with Crippen LogP contribution in [0.5, 0.6) is 0 Å². The van der Waals surface area contributed by atoms with Gasteiger partial charge in [-0.3, -0.25) is 0 Å². The first-order chi connectivity index (χ1) is 9.28. The van der Waals surface area contributed by atoms with Gasteiger partial charge in [-0.2, -0.15) is 9.97 Å². The monoisotopic (exact) mass is 260 g/mol. The van der Waals surface area contributed by atoms with Gasteiger partial charge in [0, 0.05) is 19.6 Å². The molecule has 1 atom stereocenters. The molecular formula is C13H20N6. The maximum atomic E-state index is 4.66.